The van der Waals surface area contributed by atoms with Gasteiger partial charge in [0, 0.05) is 19.5 Å². The van der Waals surface area contributed by atoms with E-state index in [1.807, 2.05) is 31.4 Å². The van der Waals surface area contributed by atoms with Crippen LogP contribution in [-0.4, -0.2) is 255 Å². The molecule has 40 nitrogen and oxygen atoms in total. The number of carboxylic acid groups (broad SMARTS) is 3. The summed E-state index contributed by atoms with van der Waals surface area (Å²) in [5, 5.41) is 78.4. The van der Waals surface area contributed by atoms with Gasteiger partial charge >= 0.3 is 17.9 Å². The predicted molar refractivity (Wildman–Crippen MR) is 347 cm³/mol. The van der Waals surface area contributed by atoms with Crippen molar-refractivity contribution in [1.29, 1.82) is 0 Å². The van der Waals surface area contributed by atoms with Gasteiger partial charge in [-0.3, -0.25) is 81.7 Å². The first-order valence-electron chi connectivity index (χ1n) is 32.1. The molecule has 0 unspecified atom stereocenters. The third-order valence-electron chi connectivity index (χ3n) is 15.3. The van der Waals surface area contributed by atoms with Gasteiger partial charge in [-0.05, 0) is 84.0 Å². The summed E-state index contributed by atoms with van der Waals surface area (Å²) >= 11 is 0. The van der Waals surface area contributed by atoms with E-state index in [9.17, 15) is 107 Å². The lowest BCUT2D eigenvalue weighted by Crippen LogP contribution is -2.60. The molecule has 24 N–H and O–H groups in total. The number of carbonyl (C=O) groups excluding carboxylic acids is 14. The van der Waals surface area contributed by atoms with Gasteiger partial charge in [-0.2, -0.15) is 0 Å². The van der Waals surface area contributed by atoms with Crippen LogP contribution in [0.1, 0.15) is 127 Å². The van der Waals surface area contributed by atoms with E-state index in [2.05, 4.69) is 63.5 Å². The molecule has 0 aromatic rings. The van der Waals surface area contributed by atoms with Gasteiger partial charge in [-0.15, -0.1) is 0 Å². The number of carboxylic acids is 3. The van der Waals surface area contributed by atoms with Crippen molar-refractivity contribution in [2.24, 2.45) is 39.9 Å². The minimum atomic E-state index is -2.06. The lowest BCUT2D eigenvalue weighted by Gasteiger charge is -2.29. The van der Waals surface area contributed by atoms with Gasteiger partial charge in [0.2, 0.25) is 82.7 Å². The molecule has 0 aliphatic carbocycles. The smallest absolute Gasteiger partial charge is 0.326 e. The number of amides is 14. The third kappa shape index (κ3) is 31.5. The lowest BCUT2D eigenvalue weighted by molar-refractivity contribution is -0.145. The Bertz CT molecular complexity index is 2910. The Morgan fingerprint density at radius 1 is 0.505 bits per heavy atom. The van der Waals surface area contributed by atoms with Gasteiger partial charge < -0.3 is 117 Å². The Balaban J connectivity index is 2.98. The van der Waals surface area contributed by atoms with Crippen molar-refractivity contribution in [3.63, 3.8) is 0 Å². The molecule has 1 saturated heterocycles. The number of aliphatic carboxylic acids is 3. The number of guanidine groups is 1. The summed E-state index contributed by atoms with van der Waals surface area (Å²) in [5.74, 6) is -19.4. The van der Waals surface area contributed by atoms with Crippen molar-refractivity contribution in [3.8, 4) is 0 Å². The van der Waals surface area contributed by atoms with Crippen molar-refractivity contribution in [2.45, 2.75) is 206 Å². The summed E-state index contributed by atoms with van der Waals surface area (Å²) in [7, 11) is 0. The van der Waals surface area contributed by atoms with Crippen LogP contribution < -0.4 is 86.3 Å². The quantitative estimate of drug-likeness (QED) is 0.0153. The fourth-order valence-electron chi connectivity index (χ4n) is 9.36. The molecule has 0 aromatic carbocycles. The normalized spacial score (nSPS) is 16.5. The molecular weight excluding hydrogens is 1310 g/mol. The van der Waals surface area contributed by atoms with E-state index in [0.29, 0.717) is 12.8 Å². The first-order valence-corrected chi connectivity index (χ1v) is 32.1. The van der Waals surface area contributed by atoms with E-state index in [1.54, 1.807) is 6.92 Å². The average Bonchev–Trinajstić information content (AvgIpc) is 1.74. The van der Waals surface area contributed by atoms with E-state index < -0.39 is 231 Å². The number of aliphatic hydroxyl groups excluding tert-OH is 2. The van der Waals surface area contributed by atoms with Crippen LogP contribution in [0.3, 0.4) is 0 Å². The number of nitrogens with one attached hydrogen (secondary N) is 13. The first-order chi connectivity index (χ1) is 46.2. The van der Waals surface area contributed by atoms with Crippen LogP contribution in [0.15, 0.2) is 4.99 Å². The number of nitrogens with zero attached hydrogens (tertiary/aromatic N) is 2. The second-order valence-corrected chi connectivity index (χ2v) is 24.5. The number of hydrogen-bond acceptors (Lipinski definition) is 21. The molecule has 1 aliphatic rings. The van der Waals surface area contributed by atoms with Gasteiger partial charge in [-0.25, -0.2) is 4.79 Å². The highest BCUT2D eigenvalue weighted by Gasteiger charge is 2.40. The SMILES string of the molecule is CC[C@H](C)[C@H](N)C(=O)N[C@@H](CC(C)C)C(=O)N[C@@H](C)C(=O)NCC(=O)N[C@@H](CO)C(=O)N[C@@H](C)C(=O)N[C@@H](CC(=O)O)C(=O)N[C@@H](CO)C(=O)N[C@@H](CCC(=O)O)C(=O)NCC(=O)N[C@H](C(=O)N[C@@H](C)C(=O)N[C@@H](C)C(=O)N1CCC[C@H]1C(=O)N[C@@H](CCCN=C(N)N)C(=O)O)C(C)C. The monoisotopic (exact) mass is 1410 g/mol. The van der Waals surface area contributed by atoms with Crippen LogP contribution in [-0.2, 0) is 81.5 Å². The molecule has 1 rings (SSSR count). The fourth-order valence-corrected chi connectivity index (χ4v) is 9.36. The molecule has 14 atom stereocenters. The predicted octanol–water partition coefficient (Wildman–Crippen LogP) is -8.84. The molecule has 0 spiro atoms. The molecule has 0 saturated carbocycles. The molecule has 0 aromatic heterocycles. The Kier molecular flexibility index (Phi) is 38.2. The maximum Gasteiger partial charge on any atom is 0.326 e. The Hall–Kier alpha value is -9.86. The highest BCUT2D eigenvalue weighted by Crippen LogP contribution is 2.20. The molecule has 1 heterocycles. The summed E-state index contributed by atoms with van der Waals surface area (Å²) in [6.07, 6.45) is -1.06. The van der Waals surface area contributed by atoms with E-state index in [0.717, 1.165) is 6.92 Å². The van der Waals surface area contributed by atoms with Gasteiger partial charge in [0.05, 0.1) is 38.8 Å². The summed E-state index contributed by atoms with van der Waals surface area (Å²) in [6, 6.07) is -18.9. The third-order valence-corrected chi connectivity index (χ3v) is 15.3. The number of rotatable bonds is 44. The van der Waals surface area contributed by atoms with E-state index >= 15 is 0 Å². The summed E-state index contributed by atoms with van der Waals surface area (Å²) in [4.78, 5) is 225. The fraction of sp³-hybridized carbons (Fsp3) is 0.695. The number of likely N-dealkylation sites (tertiary alicyclic amines) is 1. The maximum atomic E-state index is 13.5. The Morgan fingerprint density at radius 3 is 1.51 bits per heavy atom. The molecule has 99 heavy (non-hydrogen) atoms. The van der Waals surface area contributed by atoms with Crippen LogP contribution in [0.2, 0.25) is 0 Å². The molecule has 40 heteroatoms. The molecular formula is C59H100N18O22. The molecule has 0 radical (unpaired) electrons. The van der Waals surface area contributed by atoms with E-state index in [-0.39, 0.29) is 56.6 Å². The number of nitrogens with two attached hydrogens (primary N) is 3. The van der Waals surface area contributed by atoms with Crippen LogP contribution in [0.5, 0.6) is 0 Å². The molecule has 14 amide bonds. The molecule has 558 valence electrons. The van der Waals surface area contributed by atoms with Crippen molar-refractivity contribution in [1.82, 2.24) is 74.0 Å². The Labute approximate surface area is 570 Å². The van der Waals surface area contributed by atoms with Gasteiger partial charge in [0.1, 0.15) is 72.5 Å². The molecule has 1 fully saturated rings. The average molecular weight is 1410 g/mol. The number of aliphatic hydroxyl groups is 2. The van der Waals surface area contributed by atoms with Crippen LogP contribution in [0.25, 0.3) is 0 Å². The summed E-state index contributed by atoms with van der Waals surface area (Å²) < 4.78 is 0. The number of carbonyl (C=O) groups is 17. The highest BCUT2D eigenvalue weighted by molar-refractivity contribution is 6.00. The van der Waals surface area contributed by atoms with Gasteiger partial charge in [0.15, 0.2) is 5.96 Å². The standard InChI is InChI=1S/C59H100N18O22/c1-11-28(6)44(60)55(95)74-35(20-26(2)3)50(90)66-29(7)46(86)64-22-40(80)70-37(24-78)52(92)67-31(9)48(88)73-36(21-43(84)85)51(91)75-38(25-79)53(93)71-33(16-17-42(82)83)49(89)65-23-41(81)76-45(27(4)5)56(96)68-30(8)47(87)69-32(10)57(97)77-19-13-15-39(77)54(94)72-34(58(98)99)14-12-18-63-59(61)62/h26-39,44-45,78-79H,11-25,60H2,1-10H3,(H,64,86)(H,65,89)(H,66,90)(H,67,92)(H,68,96)(H,69,87)(H,70,80)(H,71,93)(H,72,94)(H,73,88)(H,74,95)(H,75,91)(H,76,81)(H,82,83)(H,84,85)(H,98,99)(H4,61,62,63)/t28-,29-,30-,31-,32-,33-,34-,35-,36-,37-,38-,39-,44-,45-/m0/s1. The highest BCUT2D eigenvalue weighted by atomic mass is 16.4. The zero-order chi connectivity index (χ0) is 75.7. The zero-order valence-corrected chi connectivity index (χ0v) is 57.1. The zero-order valence-electron chi connectivity index (χ0n) is 57.1. The summed E-state index contributed by atoms with van der Waals surface area (Å²) in [5.41, 5.74) is 16.6. The van der Waals surface area contributed by atoms with Gasteiger partial charge in [0.25, 0.3) is 0 Å². The van der Waals surface area contributed by atoms with Crippen molar-refractivity contribution < 1.29 is 107 Å². The largest absolute Gasteiger partial charge is 0.481 e. The van der Waals surface area contributed by atoms with E-state index in [4.69, 9.17) is 17.2 Å². The van der Waals surface area contributed by atoms with E-state index in [1.165, 1.54) is 39.5 Å². The Morgan fingerprint density at radius 2 is 0.980 bits per heavy atom. The second-order valence-electron chi connectivity index (χ2n) is 24.5. The first kappa shape index (κ1) is 87.2. The second kappa shape index (κ2) is 43.4. The van der Waals surface area contributed by atoms with Crippen LogP contribution >= 0.6 is 0 Å². The number of aliphatic imine (C=N–C) groups is 1. The van der Waals surface area contributed by atoms with Crippen LogP contribution in [0.4, 0.5) is 0 Å². The summed E-state index contributed by atoms with van der Waals surface area (Å²) in [6.45, 7) is 11.4. The molecule has 0 bridgehead atoms. The lowest BCUT2D eigenvalue weighted by atomic mass is 9.97. The van der Waals surface area contributed by atoms with Crippen molar-refractivity contribution in [2.75, 3.05) is 39.4 Å². The number of hydrogen-bond donors (Lipinski definition) is 21. The topological polar surface area (TPSA) is 641 Å². The van der Waals surface area contributed by atoms with Crippen molar-refractivity contribution >= 4 is 107 Å². The van der Waals surface area contributed by atoms with Gasteiger partial charge in [-0.1, -0.05) is 48.0 Å². The minimum Gasteiger partial charge on any atom is -0.481 e. The molecule has 1 aliphatic heterocycles. The van der Waals surface area contributed by atoms with Crippen LogP contribution in [0, 0.1) is 17.8 Å². The van der Waals surface area contributed by atoms with Crippen molar-refractivity contribution in [3.05, 3.63) is 0 Å². The minimum absolute atomic E-state index is 0.0220. The maximum absolute atomic E-state index is 13.5.